The third-order valence-corrected chi connectivity index (χ3v) is 4.18. The van der Waals surface area contributed by atoms with Crippen molar-refractivity contribution in [3.05, 3.63) is 69.1 Å². The first-order chi connectivity index (χ1) is 10.6. The second-order valence-electron chi connectivity index (χ2n) is 4.95. The van der Waals surface area contributed by atoms with Crippen molar-refractivity contribution < 1.29 is 4.79 Å². The van der Waals surface area contributed by atoms with Gasteiger partial charge in [0.15, 0.2) is 0 Å². The van der Waals surface area contributed by atoms with Gasteiger partial charge in [0, 0.05) is 12.5 Å². The van der Waals surface area contributed by atoms with Gasteiger partial charge in [-0.1, -0.05) is 36.4 Å². The van der Waals surface area contributed by atoms with Crippen LogP contribution in [0.2, 0.25) is 0 Å². The van der Waals surface area contributed by atoms with Crippen LogP contribution in [0.3, 0.4) is 0 Å². The standard InChI is InChI=1S/C16H14BrN3O2/c17-14-7-4-8-15(21)19(14)11-16(22)20-10-9-13(18-20)12-5-2-1-3-6-12/h1-8H,9-11H2. The monoisotopic (exact) mass is 359 g/mol. The largest absolute Gasteiger partial charge is 0.293 e. The molecule has 0 N–H and O–H groups in total. The van der Waals surface area contributed by atoms with E-state index in [1.165, 1.54) is 15.6 Å². The molecule has 0 atom stereocenters. The number of hydrogen-bond acceptors (Lipinski definition) is 3. The minimum Gasteiger partial charge on any atom is -0.293 e. The Balaban J connectivity index is 1.77. The number of pyridine rings is 1. The fourth-order valence-corrected chi connectivity index (χ4v) is 2.79. The summed E-state index contributed by atoms with van der Waals surface area (Å²) in [6, 6.07) is 14.6. The maximum atomic E-state index is 12.3. The summed E-state index contributed by atoms with van der Waals surface area (Å²) in [7, 11) is 0. The van der Waals surface area contributed by atoms with Crippen LogP contribution in [0.15, 0.2) is 63.0 Å². The molecular weight excluding hydrogens is 346 g/mol. The lowest BCUT2D eigenvalue weighted by molar-refractivity contribution is -0.131. The van der Waals surface area contributed by atoms with Crippen LogP contribution in [0.25, 0.3) is 0 Å². The predicted molar refractivity (Wildman–Crippen MR) is 87.7 cm³/mol. The second kappa shape index (κ2) is 6.27. The minimum absolute atomic E-state index is 0.0220. The highest BCUT2D eigenvalue weighted by atomic mass is 79.9. The molecule has 112 valence electrons. The molecular formula is C16H14BrN3O2. The van der Waals surface area contributed by atoms with Gasteiger partial charge in [-0.3, -0.25) is 14.2 Å². The fourth-order valence-electron chi connectivity index (χ4n) is 2.34. The highest BCUT2D eigenvalue weighted by Crippen LogP contribution is 2.14. The van der Waals surface area contributed by atoms with Gasteiger partial charge in [0.05, 0.1) is 16.9 Å². The van der Waals surface area contributed by atoms with E-state index in [0.29, 0.717) is 11.1 Å². The molecule has 1 aromatic heterocycles. The molecule has 0 bridgehead atoms. The Bertz CT molecular complexity index is 783. The molecule has 1 aliphatic heterocycles. The van der Waals surface area contributed by atoms with Crippen LogP contribution >= 0.6 is 15.9 Å². The molecule has 0 aliphatic carbocycles. The first-order valence-corrected chi connectivity index (χ1v) is 7.73. The summed E-state index contributed by atoms with van der Waals surface area (Å²) in [5, 5.41) is 5.82. The number of rotatable bonds is 3. The van der Waals surface area contributed by atoms with Crippen molar-refractivity contribution in [2.45, 2.75) is 13.0 Å². The van der Waals surface area contributed by atoms with E-state index < -0.39 is 0 Å². The van der Waals surface area contributed by atoms with Crippen LogP contribution in [0, 0.1) is 0 Å². The average molecular weight is 360 g/mol. The Morgan fingerprint density at radius 3 is 2.64 bits per heavy atom. The van der Waals surface area contributed by atoms with E-state index in [1.54, 1.807) is 12.1 Å². The van der Waals surface area contributed by atoms with Gasteiger partial charge >= 0.3 is 0 Å². The summed E-state index contributed by atoms with van der Waals surface area (Å²) in [4.78, 5) is 24.1. The van der Waals surface area contributed by atoms with Gasteiger partial charge in [-0.05, 0) is 27.6 Å². The summed E-state index contributed by atoms with van der Waals surface area (Å²) in [5.41, 5.74) is 1.71. The third kappa shape index (κ3) is 3.01. The second-order valence-corrected chi connectivity index (χ2v) is 5.76. The van der Waals surface area contributed by atoms with Crippen molar-refractivity contribution in [3.63, 3.8) is 0 Å². The summed E-state index contributed by atoms with van der Waals surface area (Å²) in [6.07, 6.45) is 0.723. The molecule has 0 radical (unpaired) electrons. The maximum Gasteiger partial charge on any atom is 0.262 e. The molecule has 1 aromatic carbocycles. The van der Waals surface area contributed by atoms with Crippen LogP contribution in [0.5, 0.6) is 0 Å². The highest BCUT2D eigenvalue weighted by Gasteiger charge is 2.22. The number of aromatic nitrogens is 1. The Hall–Kier alpha value is -2.21. The molecule has 6 heteroatoms. The molecule has 0 saturated heterocycles. The van der Waals surface area contributed by atoms with Crippen molar-refractivity contribution in [2.75, 3.05) is 6.54 Å². The van der Waals surface area contributed by atoms with Crippen LogP contribution in [-0.4, -0.2) is 27.7 Å². The lowest BCUT2D eigenvalue weighted by atomic mass is 10.1. The zero-order valence-corrected chi connectivity index (χ0v) is 13.4. The molecule has 5 nitrogen and oxygen atoms in total. The zero-order chi connectivity index (χ0) is 15.5. The van der Waals surface area contributed by atoms with Gasteiger partial charge in [0.1, 0.15) is 6.54 Å². The highest BCUT2D eigenvalue weighted by molar-refractivity contribution is 9.10. The molecule has 0 fully saturated rings. The number of halogens is 1. The number of nitrogens with zero attached hydrogens (tertiary/aromatic N) is 3. The molecule has 3 rings (SSSR count). The average Bonchev–Trinajstić information content (AvgIpc) is 3.02. The van der Waals surface area contributed by atoms with E-state index in [9.17, 15) is 9.59 Å². The van der Waals surface area contributed by atoms with E-state index in [1.807, 2.05) is 30.3 Å². The van der Waals surface area contributed by atoms with Crippen molar-refractivity contribution >= 4 is 27.5 Å². The Kier molecular flexibility index (Phi) is 4.20. The number of carbonyl (C=O) groups excluding carboxylic acids is 1. The molecule has 2 heterocycles. The molecule has 2 aromatic rings. The van der Waals surface area contributed by atoms with Gasteiger partial charge in [-0.15, -0.1) is 0 Å². The lowest BCUT2D eigenvalue weighted by Crippen LogP contribution is -2.32. The van der Waals surface area contributed by atoms with Crippen molar-refractivity contribution in [2.24, 2.45) is 5.10 Å². The zero-order valence-electron chi connectivity index (χ0n) is 11.8. The fraction of sp³-hybridized carbons (Fsp3) is 0.188. The van der Waals surface area contributed by atoms with Crippen molar-refractivity contribution in [3.8, 4) is 0 Å². The first-order valence-electron chi connectivity index (χ1n) is 6.94. The third-order valence-electron chi connectivity index (χ3n) is 3.49. The van der Waals surface area contributed by atoms with Gasteiger partial charge in [-0.2, -0.15) is 5.10 Å². The lowest BCUT2D eigenvalue weighted by Gasteiger charge is -2.13. The normalized spacial score (nSPS) is 14.0. The molecule has 22 heavy (non-hydrogen) atoms. The molecule has 0 spiro atoms. The topological polar surface area (TPSA) is 54.7 Å². The van der Waals surface area contributed by atoms with E-state index in [0.717, 1.165) is 17.7 Å². The van der Waals surface area contributed by atoms with Gasteiger partial charge in [-0.25, -0.2) is 5.01 Å². The van der Waals surface area contributed by atoms with E-state index >= 15 is 0 Å². The molecule has 1 amide bonds. The molecule has 0 unspecified atom stereocenters. The summed E-state index contributed by atoms with van der Waals surface area (Å²) < 4.78 is 1.97. The van der Waals surface area contributed by atoms with E-state index in [4.69, 9.17) is 0 Å². The number of hydrogen-bond donors (Lipinski definition) is 0. The van der Waals surface area contributed by atoms with Crippen molar-refractivity contribution in [1.29, 1.82) is 0 Å². The van der Waals surface area contributed by atoms with Crippen LogP contribution in [0.4, 0.5) is 0 Å². The van der Waals surface area contributed by atoms with E-state index in [2.05, 4.69) is 21.0 Å². The van der Waals surface area contributed by atoms with Gasteiger partial charge < -0.3 is 0 Å². The number of amides is 1. The van der Waals surface area contributed by atoms with Crippen LogP contribution in [-0.2, 0) is 11.3 Å². The summed E-state index contributed by atoms with van der Waals surface area (Å²) in [6.45, 7) is 0.522. The van der Waals surface area contributed by atoms with Crippen LogP contribution in [0.1, 0.15) is 12.0 Å². The maximum absolute atomic E-state index is 12.3. The summed E-state index contributed by atoms with van der Waals surface area (Å²) in [5.74, 6) is -0.195. The van der Waals surface area contributed by atoms with Gasteiger partial charge in [0.25, 0.3) is 11.5 Å². The number of carbonyl (C=O) groups is 1. The Morgan fingerprint density at radius 1 is 1.14 bits per heavy atom. The molecule has 1 aliphatic rings. The minimum atomic E-state index is -0.214. The smallest absolute Gasteiger partial charge is 0.262 e. The van der Waals surface area contributed by atoms with Gasteiger partial charge in [0.2, 0.25) is 0 Å². The quantitative estimate of drug-likeness (QED) is 0.789. The van der Waals surface area contributed by atoms with Crippen molar-refractivity contribution in [1.82, 2.24) is 9.58 Å². The number of benzene rings is 1. The number of hydrazone groups is 1. The summed E-state index contributed by atoms with van der Waals surface area (Å²) >= 11 is 3.29. The first kappa shape index (κ1) is 14.7. The molecule has 0 saturated carbocycles. The predicted octanol–water partition coefficient (Wildman–Crippen LogP) is 2.25. The SMILES string of the molecule is O=C(Cn1c(Br)cccc1=O)N1CCC(c2ccccc2)=N1. The van der Waals surface area contributed by atoms with E-state index in [-0.39, 0.29) is 18.0 Å². The Morgan fingerprint density at radius 2 is 1.91 bits per heavy atom. The Labute approximate surface area is 136 Å². The van der Waals surface area contributed by atoms with Crippen LogP contribution < -0.4 is 5.56 Å².